The van der Waals surface area contributed by atoms with Crippen LogP contribution < -0.4 is 4.90 Å². The summed E-state index contributed by atoms with van der Waals surface area (Å²) in [6, 6.07) is 0. The highest BCUT2D eigenvalue weighted by Gasteiger charge is 2.30. The first-order valence-electron chi connectivity index (χ1n) is 7.28. The second-order valence-corrected chi connectivity index (χ2v) is 6.43. The van der Waals surface area contributed by atoms with Gasteiger partial charge in [-0.25, -0.2) is 4.98 Å². The Bertz CT molecular complexity index is 482. The summed E-state index contributed by atoms with van der Waals surface area (Å²) in [5.41, 5.74) is 1.20. The summed E-state index contributed by atoms with van der Waals surface area (Å²) >= 11 is 1.68. The Kier molecular flexibility index (Phi) is 4.17. The third-order valence-electron chi connectivity index (χ3n) is 3.92. The fourth-order valence-electron chi connectivity index (χ4n) is 2.79. The van der Waals surface area contributed by atoms with Crippen molar-refractivity contribution in [2.45, 2.75) is 32.1 Å². The standard InChI is InChI=1S/C15H20N2O2S/c1-2-8-17(14(18)11-7-9-19-10-11)15-16-12-5-3-4-6-13(12)20-15/h2,11H,1,3-10H2. The third kappa shape index (κ3) is 2.65. The third-order valence-corrected chi connectivity index (χ3v) is 5.10. The van der Waals surface area contributed by atoms with Gasteiger partial charge >= 0.3 is 0 Å². The fourth-order valence-corrected chi connectivity index (χ4v) is 3.96. The molecule has 1 fully saturated rings. The number of ether oxygens (including phenoxy) is 1. The molecule has 0 saturated carbocycles. The molecule has 5 heteroatoms. The zero-order valence-corrected chi connectivity index (χ0v) is 12.5. The number of hydrogen-bond donors (Lipinski definition) is 0. The minimum absolute atomic E-state index is 0.0177. The number of anilines is 1. The molecule has 4 nitrogen and oxygen atoms in total. The summed E-state index contributed by atoms with van der Waals surface area (Å²) in [6.07, 6.45) is 7.19. The van der Waals surface area contributed by atoms with Crippen LogP contribution in [0.5, 0.6) is 0 Å². The van der Waals surface area contributed by atoms with Crippen molar-refractivity contribution >= 4 is 22.4 Å². The number of fused-ring (bicyclic) bond motifs is 1. The Labute approximate surface area is 123 Å². The molecule has 1 atom stereocenters. The normalized spacial score (nSPS) is 21.5. The van der Waals surface area contributed by atoms with Crippen molar-refractivity contribution in [3.05, 3.63) is 23.2 Å². The predicted molar refractivity (Wildman–Crippen MR) is 80.2 cm³/mol. The highest BCUT2D eigenvalue weighted by molar-refractivity contribution is 7.16. The van der Waals surface area contributed by atoms with E-state index in [1.54, 1.807) is 22.3 Å². The van der Waals surface area contributed by atoms with Crippen molar-refractivity contribution in [2.75, 3.05) is 24.7 Å². The lowest BCUT2D eigenvalue weighted by atomic mass is 10.0. The van der Waals surface area contributed by atoms with E-state index in [2.05, 4.69) is 6.58 Å². The molecule has 1 aromatic heterocycles. The van der Waals surface area contributed by atoms with E-state index in [-0.39, 0.29) is 11.8 Å². The van der Waals surface area contributed by atoms with Gasteiger partial charge in [-0.2, -0.15) is 0 Å². The fraction of sp³-hybridized carbons (Fsp3) is 0.600. The number of amides is 1. The van der Waals surface area contributed by atoms with Gasteiger partial charge in [0.05, 0.1) is 18.2 Å². The van der Waals surface area contributed by atoms with Crippen LogP contribution in [0.15, 0.2) is 12.7 Å². The van der Waals surface area contributed by atoms with Crippen LogP contribution in [0.4, 0.5) is 5.13 Å². The van der Waals surface area contributed by atoms with Crippen molar-refractivity contribution in [3.63, 3.8) is 0 Å². The molecule has 1 aliphatic carbocycles. The van der Waals surface area contributed by atoms with E-state index in [1.165, 1.54) is 23.4 Å². The molecular formula is C15H20N2O2S. The number of carbonyl (C=O) groups is 1. The molecule has 1 amide bonds. The van der Waals surface area contributed by atoms with Crippen molar-refractivity contribution in [3.8, 4) is 0 Å². The van der Waals surface area contributed by atoms with Crippen LogP contribution in [0.25, 0.3) is 0 Å². The molecule has 1 saturated heterocycles. The summed E-state index contributed by atoms with van der Waals surface area (Å²) in [7, 11) is 0. The van der Waals surface area contributed by atoms with Crippen LogP contribution in [0.1, 0.15) is 29.8 Å². The number of aryl methyl sites for hydroxylation is 2. The molecule has 0 spiro atoms. The van der Waals surface area contributed by atoms with Gasteiger partial charge in [-0.3, -0.25) is 9.69 Å². The molecule has 1 aliphatic heterocycles. The molecule has 1 aromatic rings. The minimum atomic E-state index is -0.0177. The van der Waals surface area contributed by atoms with E-state index in [0.717, 1.165) is 24.4 Å². The van der Waals surface area contributed by atoms with E-state index in [9.17, 15) is 4.79 Å². The maximum Gasteiger partial charge on any atom is 0.234 e. The lowest BCUT2D eigenvalue weighted by Crippen LogP contribution is -2.36. The first kappa shape index (κ1) is 13.8. The van der Waals surface area contributed by atoms with Gasteiger partial charge in [-0.05, 0) is 32.1 Å². The monoisotopic (exact) mass is 292 g/mol. The van der Waals surface area contributed by atoms with Gasteiger partial charge in [0.1, 0.15) is 0 Å². The molecule has 108 valence electrons. The van der Waals surface area contributed by atoms with E-state index in [1.807, 2.05) is 0 Å². The molecule has 20 heavy (non-hydrogen) atoms. The quantitative estimate of drug-likeness (QED) is 0.801. The highest BCUT2D eigenvalue weighted by atomic mass is 32.1. The van der Waals surface area contributed by atoms with E-state index >= 15 is 0 Å². The average Bonchev–Trinajstić information content (AvgIpc) is 3.12. The zero-order valence-electron chi connectivity index (χ0n) is 11.6. The first-order valence-corrected chi connectivity index (χ1v) is 8.10. The number of thiazole rings is 1. The van der Waals surface area contributed by atoms with Crippen molar-refractivity contribution in [1.82, 2.24) is 4.98 Å². The Morgan fingerprint density at radius 1 is 1.50 bits per heavy atom. The van der Waals surface area contributed by atoms with Crippen molar-refractivity contribution < 1.29 is 9.53 Å². The van der Waals surface area contributed by atoms with Crippen LogP contribution in [-0.4, -0.2) is 30.6 Å². The van der Waals surface area contributed by atoms with Gasteiger partial charge in [0, 0.05) is 18.0 Å². The number of aromatic nitrogens is 1. The Morgan fingerprint density at radius 2 is 2.35 bits per heavy atom. The Hall–Kier alpha value is -1.20. The van der Waals surface area contributed by atoms with Gasteiger partial charge < -0.3 is 4.74 Å². The molecule has 0 aromatic carbocycles. The van der Waals surface area contributed by atoms with Crippen LogP contribution >= 0.6 is 11.3 Å². The summed E-state index contributed by atoms with van der Waals surface area (Å²) in [5.74, 6) is 0.115. The smallest absolute Gasteiger partial charge is 0.234 e. The molecular weight excluding hydrogens is 272 g/mol. The van der Waals surface area contributed by atoms with Crippen LogP contribution in [-0.2, 0) is 22.4 Å². The Balaban J connectivity index is 1.83. The number of hydrogen-bond acceptors (Lipinski definition) is 4. The first-order chi connectivity index (χ1) is 9.79. The van der Waals surface area contributed by atoms with E-state index in [4.69, 9.17) is 9.72 Å². The maximum atomic E-state index is 12.6. The van der Waals surface area contributed by atoms with Crippen molar-refractivity contribution in [1.29, 1.82) is 0 Å². The zero-order chi connectivity index (χ0) is 13.9. The van der Waals surface area contributed by atoms with Gasteiger partial charge in [0.15, 0.2) is 5.13 Å². The van der Waals surface area contributed by atoms with Crippen LogP contribution in [0.3, 0.4) is 0 Å². The molecule has 2 heterocycles. The van der Waals surface area contributed by atoms with Crippen molar-refractivity contribution in [2.24, 2.45) is 5.92 Å². The lowest BCUT2D eigenvalue weighted by molar-refractivity contribution is -0.122. The molecule has 2 aliphatic rings. The predicted octanol–water partition coefficient (Wildman–Crippen LogP) is 2.58. The van der Waals surface area contributed by atoms with Crippen LogP contribution in [0, 0.1) is 5.92 Å². The van der Waals surface area contributed by atoms with Gasteiger partial charge in [0.2, 0.25) is 5.91 Å². The van der Waals surface area contributed by atoms with Crippen LogP contribution in [0.2, 0.25) is 0 Å². The van der Waals surface area contributed by atoms with E-state index < -0.39 is 0 Å². The molecule has 0 bridgehead atoms. The topological polar surface area (TPSA) is 42.4 Å². The second-order valence-electron chi connectivity index (χ2n) is 5.37. The molecule has 0 radical (unpaired) electrons. The maximum absolute atomic E-state index is 12.6. The minimum Gasteiger partial charge on any atom is -0.381 e. The van der Waals surface area contributed by atoms with Gasteiger partial charge in [-0.15, -0.1) is 17.9 Å². The summed E-state index contributed by atoms with van der Waals surface area (Å²) in [5, 5.41) is 0.841. The largest absolute Gasteiger partial charge is 0.381 e. The second kappa shape index (κ2) is 6.06. The highest BCUT2D eigenvalue weighted by Crippen LogP contribution is 2.33. The lowest BCUT2D eigenvalue weighted by Gasteiger charge is -2.21. The number of carbonyl (C=O) groups excluding carboxylic acids is 1. The average molecular weight is 292 g/mol. The molecule has 3 rings (SSSR count). The summed E-state index contributed by atoms with van der Waals surface area (Å²) < 4.78 is 5.33. The SMILES string of the molecule is C=CCN(C(=O)C1CCOC1)c1nc2c(s1)CCCC2. The summed E-state index contributed by atoms with van der Waals surface area (Å²) in [6.45, 7) is 5.52. The Morgan fingerprint density at radius 3 is 3.05 bits per heavy atom. The van der Waals surface area contributed by atoms with Gasteiger partial charge in [-0.1, -0.05) is 6.08 Å². The number of nitrogens with zero attached hydrogens (tertiary/aromatic N) is 2. The van der Waals surface area contributed by atoms with E-state index in [0.29, 0.717) is 19.8 Å². The van der Waals surface area contributed by atoms with Gasteiger partial charge in [0.25, 0.3) is 0 Å². The molecule has 0 N–H and O–H groups in total. The number of rotatable bonds is 4. The molecule has 1 unspecified atom stereocenters. The summed E-state index contributed by atoms with van der Waals surface area (Å²) in [4.78, 5) is 20.5.